The van der Waals surface area contributed by atoms with Crippen molar-refractivity contribution in [3.63, 3.8) is 0 Å². The Bertz CT molecular complexity index is 2210. The normalized spacial score (nSPS) is 18.9. The third kappa shape index (κ3) is 9.69. The summed E-state index contributed by atoms with van der Waals surface area (Å²) >= 11 is 0. The summed E-state index contributed by atoms with van der Waals surface area (Å²) in [6, 6.07) is 17.2. The molecule has 3 amide bonds. The number of hydrogen-bond donors (Lipinski definition) is 4. The molecule has 1 aromatic heterocycles. The van der Waals surface area contributed by atoms with Crippen molar-refractivity contribution in [3.05, 3.63) is 77.4 Å². The fourth-order valence-electron chi connectivity index (χ4n) is 8.83. The summed E-state index contributed by atoms with van der Waals surface area (Å²) in [5.41, 5.74) is 16.1. The monoisotopic (exact) mass is 822 g/mol. The zero-order chi connectivity index (χ0) is 43.3. The van der Waals surface area contributed by atoms with Crippen molar-refractivity contribution in [1.82, 2.24) is 25.2 Å². The number of esters is 1. The van der Waals surface area contributed by atoms with Crippen LogP contribution in [0, 0.1) is 11.3 Å². The highest BCUT2D eigenvalue weighted by Gasteiger charge is 2.37. The molecule has 13 heteroatoms. The summed E-state index contributed by atoms with van der Waals surface area (Å²) in [5.74, 6) is -1.94. The molecule has 1 saturated heterocycles. The van der Waals surface area contributed by atoms with E-state index in [1.165, 1.54) is 15.5 Å². The number of carbonyl (C=O) groups excluding carboxylic acids is 4. The number of ether oxygens (including phenoxy) is 2. The van der Waals surface area contributed by atoms with Gasteiger partial charge in [0.05, 0.1) is 18.9 Å². The molecule has 6 rings (SSSR count). The zero-order valence-electron chi connectivity index (χ0n) is 36.2. The number of likely N-dealkylation sites (N-methyl/N-ethyl adjacent to an activating group) is 1. The van der Waals surface area contributed by atoms with E-state index in [2.05, 4.69) is 72.5 Å². The number of fused-ring (bicyclic) bond motifs is 6. The van der Waals surface area contributed by atoms with Crippen LogP contribution in [0.1, 0.15) is 70.6 Å². The Hall–Kier alpha value is -5.24. The number of aryl methyl sites for hydroxylation is 1. The molecule has 2 aliphatic rings. The minimum atomic E-state index is -1.11. The lowest BCUT2D eigenvalue weighted by atomic mass is 9.83. The van der Waals surface area contributed by atoms with Gasteiger partial charge in [0.2, 0.25) is 11.8 Å². The maximum absolute atomic E-state index is 14.5. The lowest BCUT2D eigenvalue weighted by Gasteiger charge is -2.36. The molecule has 3 atom stereocenters. The number of nitrogens with two attached hydrogens (primary N) is 1. The molecule has 6 bridgehead atoms. The molecule has 2 aliphatic heterocycles. The van der Waals surface area contributed by atoms with E-state index < -0.39 is 41.3 Å². The second-order valence-corrected chi connectivity index (χ2v) is 17.4. The fourth-order valence-corrected chi connectivity index (χ4v) is 8.83. The van der Waals surface area contributed by atoms with Crippen molar-refractivity contribution in [3.8, 4) is 28.1 Å². The SMILES string of the molecule is CCn1c(-c2ccccc2CCOC)c2c3cc(ccc31)-c1cc(O)cc(c1)C[C@H](NC(=O)C(C(C)C)N(C)C(=O)CCN)C(=O)N1CCC[C@H](N1)C(=O)OCC(C)(C)C2. The molecule has 322 valence electrons. The average molecular weight is 823 g/mol. The van der Waals surface area contributed by atoms with Crippen LogP contribution in [0.25, 0.3) is 33.3 Å². The van der Waals surface area contributed by atoms with Crippen LogP contribution in [0.5, 0.6) is 5.75 Å². The first-order chi connectivity index (χ1) is 28.7. The lowest BCUT2D eigenvalue weighted by Crippen LogP contribution is -2.62. The van der Waals surface area contributed by atoms with Crippen LogP contribution in [0.3, 0.4) is 0 Å². The maximum atomic E-state index is 14.5. The smallest absolute Gasteiger partial charge is 0.324 e. The highest BCUT2D eigenvalue weighted by atomic mass is 16.5. The van der Waals surface area contributed by atoms with Crippen molar-refractivity contribution >= 4 is 34.6 Å². The largest absolute Gasteiger partial charge is 0.508 e. The van der Waals surface area contributed by atoms with Gasteiger partial charge in [0, 0.05) is 68.5 Å². The Kier molecular flexibility index (Phi) is 14.0. The van der Waals surface area contributed by atoms with Gasteiger partial charge in [0.15, 0.2) is 0 Å². The lowest BCUT2D eigenvalue weighted by molar-refractivity contribution is -0.155. The highest BCUT2D eigenvalue weighted by Crippen LogP contribution is 2.41. The number of phenolic OH excluding ortho intramolecular Hbond substituents is 1. The van der Waals surface area contributed by atoms with E-state index in [4.69, 9.17) is 15.2 Å². The number of hydrogen-bond acceptors (Lipinski definition) is 9. The van der Waals surface area contributed by atoms with Crippen molar-refractivity contribution in [2.45, 2.75) is 97.8 Å². The van der Waals surface area contributed by atoms with Gasteiger partial charge in [0.1, 0.15) is 23.9 Å². The van der Waals surface area contributed by atoms with Crippen molar-refractivity contribution in [2.24, 2.45) is 17.1 Å². The van der Waals surface area contributed by atoms with Gasteiger partial charge in [-0.05, 0) is 90.6 Å². The Labute approximate surface area is 353 Å². The summed E-state index contributed by atoms with van der Waals surface area (Å²) in [4.78, 5) is 56.8. The van der Waals surface area contributed by atoms with Crippen LogP contribution in [0.2, 0.25) is 0 Å². The third-order valence-corrected chi connectivity index (χ3v) is 11.8. The number of nitrogens with one attached hydrogen (secondary N) is 2. The van der Waals surface area contributed by atoms with E-state index in [0.29, 0.717) is 38.0 Å². The predicted molar refractivity (Wildman–Crippen MR) is 233 cm³/mol. The molecule has 60 heavy (non-hydrogen) atoms. The summed E-state index contributed by atoms with van der Waals surface area (Å²) in [7, 11) is 3.28. The van der Waals surface area contributed by atoms with Crippen molar-refractivity contribution < 1.29 is 33.8 Å². The van der Waals surface area contributed by atoms with Crippen LogP contribution in [0.15, 0.2) is 60.7 Å². The topological polar surface area (TPSA) is 168 Å². The number of hydrazine groups is 1. The molecule has 0 radical (unpaired) electrons. The fraction of sp³-hybridized carbons (Fsp3) is 0.489. The predicted octanol–water partition coefficient (Wildman–Crippen LogP) is 5.37. The van der Waals surface area contributed by atoms with Gasteiger partial charge in [-0.1, -0.05) is 64.1 Å². The Morgan fingerprint density at radius 2 is 1.87 bits per heavy atom. The van der Waals surface area contributed by atoms with Gasteiger partial charge in [-0.2, -0.15) is 0 Å². The van der Waals surface area contributed by atoms with Gasteiger partial charge >= 0.3 is 5.97 Å². The second-order valence-electron chi connectivity index (χ2n) is 17.4. The van der Waals surface area contributed by atoms with Gasteiger partial charge in [0.25, 0.3) is 5.91 Å². The minimum Gasteiger partial charge on any atom is -0.508 e. The zero-order valence-corrected chi connectivity index (χ0v) is 36.2. The first-order valence-electron chi connectivity index (χ1n) is 21.2. The van der Waals surface area contributed by atoms with Crippen molar-refractivity contribution in [1.29, 1.82) is 0 Å². The Morgan fingerprint density at radius 3 is 2.58 bits per heavy atom. The number of methoxy groups -OCH3 is 1. The quantitative estimate of drug-likeness (QED) is 0.146. The molecule has 0 aliphatic carbocycles. The summed E-state index contributed by atoms with van der Waals surface area (Å²) in [5, 5.41) is 16.6. The summed E-state index contributed by atoms with van der Waals surface area (Å²) in [6.45, 7) is 11.9. The molecule has 5 N–H and O–H groups in total. The minimum absolute atomic E-state index is 0.0147. The average Bonchev–Trinajstić information content (AvgIpc) is 3.52. The van der Waals surface area contributed by atoms with Gasteiger partial charge < -0.3 is 35.1 Å². The van der Waals surface area contributed by atoms with Crippen LogP contribution in [-0.4, -0.2) is 102 Å². The number of benzene rings is 3. The number of amides is 3. The maximum Gasteiger partial charge on any atom is 0.324 e. The molecule has 1 fully saturated rings. The van der Waals surface area contributed by atoms with Crippen LogP contribution < -0.4 is 16.5 Å². The van der Waals surface area contributed by atoms with E-state index in [0.717, 1.165) is 51.8 Å². The van der Waals surface area contributed by atoms with Crippen LogP contribution in [0.4, 0.5) is 0 Å². The van der Waals surface area contributed by atoms with E-state index in [-0.39, 0.29) is 43.6 Å². The Balaban J connectivity index is 1.50. The number of aromatic hydroxyl groups is 1. The first-order valence-corrected chi connectivity index (χ1v) is 21.2. The molecule has 13 nitrogen and oxygen atoms in total. The second kappa shape index (κ2) is 19.0. The number of rotatable bonds is 11. The first kappa shape index (κ1) is 44.3. The molecule has 3 aromatic carbocycles. The van der Waals surface area contributed by atoms with Gasteiger partial charge in [-0.25, -0.2) is 5.43 Å². The van der Waals surface area contributed by atoms with Crippen molar-refractivity contribution in [2.75, 3.05) is 40.5 Å². The van der Waals surface area contributed by atoms with E-state index in [1.807, 2.05) is 26.0 Å². The highest BCUT2D eigenvalue weighted by molar-refractivity contribution is 5.96. The summed E-state index contributed by atoms with van der Waals surface area (Å²) < 4.78 is 13.9. The molecular formula is C47H62N6O7. The molecule has 4 aromatic rings. The van der Waals surface area contributed by atoms with E-state index in [1.54, 1.807) is 26.3 Å². The number of nitrogens with zero attached hydrogens (tertiary/aromatic N) is 3. The summed E-state index contributed by atoms with van der Waals surface area (Å²) in [6.07, 6.45) is 2.45. The molecule has 0 spiro atoms. The van der Waals surface area contributed by atoms with Gasteiger partial charge in [-0.3, -0.25) is 24.2 Å². The van der Waals surface area contributed by atoms with Crippen LogP contribution in [-0.2, 0) is 54.5 Å². The number of cyclic esters (lactones) is 1. The molecule has 3 heterocycles. The molecule has 0 saturated carbocycles. The van der Waals surface area contributed by atoms with E-state index in [9.17, 15) is 24.3 Å². The van der Waals surface area contributed by atoms with Crippen LogP contribution >= 0.6 is 0 Å². The van der Waals surface area contributed by atoms with Gasteiger partial charge in [-0.15, -0.1) is 0 Å². The molecule has 1 unspecified atom stereocenters. The molecular weight excluding hydrogens is 761 g/mol. The Morgan fingerprint density at radius 1 is 1.10 bits per heavy atom. The van der Waals surface area contributed by atoms with E-state index >= 15 is 0 Å². The standard InChI is InChI=1S/C47H62N6O7/c1-8-52-40-16-15-32-26-36(40)37(43(52)35-13-10-9-12-31(35)18-21-59-7)27-47(4,5)28-60-46(58)38-14-11-20-53(50-38)45(57)39(24-30-22-33(32)25-34(54)23-30)49-44(56)42(29(2)3)51(6)41(55)17-19-48/h9-10,12-13,15-16,22-23,25-26,29,38-39,42,50,54H,8,11,14,17-21,24,27-28,48H2,1-7H3,(H,49,56)/t38-,39-,42?/m0/s1. The third-order valence-electron chi connectivity index (χ3n) is 11.8. The number of aromatic nitrogens is 1. The number of phenols is 1. The number of carbonyl (C=O) groups is 4.